The zero-order valence-corrected chi connectivity index (χ0v) is 9.21. The van der Waals surface area contributed by atoms with Crippen LogP contribution in [0.15, 0.2) is 18.2 Å². The number of aryl methyl sites for hydroxylation is 2. The summed E-state index contributed by atoms with van der Waals surface area (Å²) in [5.74, 6) is 0. The number of rotatable bonds is 2. The first kappa shape index (κ1) is 8.98. The van der Waals surface area contributed by atoms with Gasteiger partial charge in [0.2, 0.25) is 0 Å². The van der Waals surface area contributed by atoms with E-state index in [2.05, 4.69) is 35.4 Å². The Hall–Kier alpha value is -1.28. The van der Waals surface area contributed by atoms with E-state index >= 15 is 0 Å². The molecule has 0 radical (unpaired) electrons. The third kappa shape index (κ3) is 1.08. The zero-order valence-electron chi connectivity index (χ0n) is 9.21. The molecular formula is C13H17N2+. The van der Waals surface area contributed by atoms with E-state index in [9.17, 15) is 0 Å². The van der Waals surface area contributed by atoms with Crippen molar-refractivity contribution in [2.45, 2.75) is 26.3 Å². The lowest BCUT2D eigenvalue weighted by atomic mass is 10.0. The third-order valence-corrected chi connectivity index (χ3v) is 3.59. The predicted octanol–water partition coefficient (Wildman–Crippen LogP) is 1.29. The van der Waals surface area contributed by atoms with E-state index in [0.717, 1.165) is 13.0 Å². The fourth-order valence-corrected chi connectivity index (χ4v) is 2.88. The van der Waals surface area contributed by atoms with Crippen molar-refractivity contribution in [1.82, 2.24) is 4.57 Å². The smallest absolute Gasteiger partial charge is 0.0781 e. The van der Waals surface area contributed by atoms with Gasteiger partial charge >= 0.3 is 0 Å². The van der Waals surface area contributed by atoms with Gasteiger partial charge in [0.25, 0.3) is 0 Å². The van der Waals surface area contributed by atoms with Crippen molar-refractivity contribution in [2.75, 3.05) is 6.54 Å². The van der Waals surface area contributed by atoms with Crippen molar-refractivity contribution in [1.29, 1.82) is 0 Å². The topological polar surface area (TPSA) is 32.6 Å². The second-order valence-electron chi connectivity index (χ2n) is 4.38. The number of hydrogen-bond donors (Lipinski definition) is 1. The van der Waals surface area contributed by atoms with Gasteiger partial charge in [-0.25, -0.2) is 0 Å². The SMILES string of the molecule is Cc1c(CC[NH3+])c2cccc3c2n1CC3. The molecule has 2 heterocycles. The maximum Gasteiger partial charge on any atom is 0.0781 e. The van der Waals surface area contributed by atoms with Gasteiger partial charge in [-0.05, 0) is 24.5 Å². The van der Waals surface area contributed by atoms with Gasteiger partial charge in [0.15, 0.2) is 0 Å². The summed E-state index contributed by atoms with van der Waals surface area (Å²) in [4.78, 5) is 0. The Kier molecular flexibility index (Phi) is 1.86. The molecule has 2 aromatic rings. The molecule has 1 aliphatic heterocycles. The summed E-state index contributed by atoms with van der Waals surface area (Å²) in [6.45, 7) is 4.41. The van der Waals surface area contributed by atoms with Crippen molar-refractivity contribution in [3.8, 4) is 0 Å². The maximum absolute atomic E-state index is 3.97. The molecule has 0 saturated heterocycles. The summed E-state index contributed by atoms with van der Waals surface area (Å²) >= 11 is 0. The molecule has 3 rings (SSSR count). The minimum atomic E-state index is 0.990. The molecule has 0 bridgehead atoms. The lowest BCUT2D eigenvalue weighted by Gasteiger charge is -2.02. The molecule has 0 fully saturated rings. The van der Waals surface area contributed by atoms with E-state index < -0.39 is 0 Å². The van der Waals surface area contributed by atoms with Crippen molar-refractivity contribution in [2.24, 2.45) is 0 Å². The Morgan fingerprint density at radius 1 is 1.40 bits per heavy atom. The molecule has 2 heteroatoms. The summed E-state index contributed by atoms with van der Waals surface area (Å²) in [6.07, 6.45) is 2.32. The summed E-state index contributed by atoms with van der Waals surface area (Å²) in [5.41, 5.74) is 9.95. The second-order valence-corrected chi connectivity index (χ2v) is 4.38. The normalized spacial score (nSPS) is 14.0. The molecule has 3 N–H and O–H groups in total. The minimum absolute atomic E-state index is 0.990. The van der Waals surface area contributed by atoms with Crippen LogP contribution in [0.1, 0.15) is 16.8 Å². The number of para-hydroxylation sites is 1. The van der Waals surface area contributed by atoms with Crippen molar-refractivity contribution in [3.05, 3.63) is 35.0 Å². The number of hydrogen-bond acceptors (Lipinski definition) is 0. The van der Waals surface area contributed by atoms with Gasteiger partial charge in [0, 0.05) is 24.0 Å². The summed E-state index contributed by atoms with van der Waals surface area (Å²) in [5, 5.41) is 1.46. The Labute approximate surface area is 89.7 Å². The monoisotopic (exact) mass is 201 g/mol. The van der Waals surface area contributed by atoms with Gasteiger partial charge in [-0.15, -0.1) is 0 Å². The fraction of sp³-hybridized carbons (Fsp3) is 0.385. The van der Waals surface area contributed by atoms with E-state index in [1.807, 2.05) is 0 Å². The van der Waals surface area contributed by atoms with Crippen LogP contribution in [-0.2, 0) is 19.4 Å². The van der Waals surface area contributed by atoms with Crippen LogP contribution in [0.4, 0.5) is 0 Å². The maximum atomic E-state index is 3.97. The molecular weight excluding hydrogens is 184 g/mol. The number of nitrogens with zero attached hydrogens (tertiary/aromatic N) is 1. The van der Waals surface area contributed by atoms with Crippen LogP contribution in [0.5, 0.6) is 0 Å². The molecule has 0 spiro atoms. The second kappa shape index (κ2) is 3.11. The number of benzene rings is 1. The summed E-state index contributed by atoms with van der Waals surface area (Å²) in [7, 11) is 0. The van der Waals surface area contributed by atoms with Crippen LogP contribution >= 0.6 is 0 Å². The fourth-order valence-electron chi connectivity index (χ4n) is 2.88. The van der Waals surface area contributed by atoms with Gasteiger partial charge in [-0.2, -0.15) is 0 Å². The highest BCUT2D eigenvalue weighted by atomic mass is 15.0. The first-order chi connectivity index (χ1) is 7.33. The molecule has 1 aromatic heterocycles. The lowest BCUT2D eigenvalue weighted by Crippen LogP contribution is -2.51. The van der Waals surface area contributed by atoms with E-state index in [-0.39, 0.29) is 0 Å². The standard InChI is InChI=1S/C13H16N2/c1-9-11(5-7-14)12-4-2-3-10-6-8-15(9)13(10)12/h2-4H,5-8,14H2,1H3/p+1. The highest BCUT2D eigenvalue weighted by Crippen LogP contribution is 2.33. The van der Waals surface area contributed by atoms with Crippen LogP contribution in [0, 0.1) is 6.92 Å². The number of quaternary nitrogens is 1. The molecule has 1 aromatic carbocycles. The molecule has 0 aliphatic carbocycles. The number of aromatic nitrogens is 1. The Morgan fingerprint density at radius 3 is 3.07 bits per heavy atom. The van der Waals surface area contributed by atoms with Gasteiger partial charge in [0.05, 0.1) is 12.1 Å². The highest BCUT2D eigenvalue weighted by molar-refractivity contribution is 5.89. The first-order valence-corrected chi connectivity index (χ1v) is 5.71. The van der Waals surface area contributed by atoms with E-state index in [0.29, 0.717) is 0 Å². The van der Waals surface area contributed by atoms with E-state index in [1.165, 1.54) is 40.7 Å². The summed E-state index contributed by atoms with van der Waals surface area (Å²) in [6, 6.07) is 6.72. The largest absolute Gasteiger partial charge is 0.357 e. The van der Waals surface area contributed by atoms with Crippen molar-refractivity contribution in [3.63, 3.8) is 0 Å². The van der Waals surface area contributed by atoms with Crippen LogP contribution in [0.25, 0.3) is 10.9 Å². The molecule has 15 heavy (non-hydrogen) atoms. The average molecular weight is 201 g/mol. The first-order valence-electron chi connectivity index (χ1n) is 5.71. The Morgan fingerprint density at radius 2 is 2.27 bits per heavy atom. The van der Waals surface area contributed by atoms with E-state index in [4.69, 9.17) is 0 Å². The Bertz CT molecular complexity index is 523. The van der Waals surface area contributed by atoms with E-state index in [1.54, 1.807) is 0 Å². The van der Waals surface area contributed by atoms with Gasteiger partial charge in [-0.3, -0.25) is 0 Å². The average Bonchev–Trinajstić information content (AvgIpc) is 2.78. The lowest BCUT2D eigenvalue weighted by molar-refractivity contribution is -0.366. The molecule has 78 valence electrons. The van der Waals surface area contributed by atoms with Gasteiger partial charge < -0.3 is 10.3 Å². The highest BCUT2D eigenvalue weighted by Gasteiger charge is 2.20. The molecule has 0 saturated carbocycles. The third-order valence-electron chi connectivity index (χ3n) is 3.59. The summed E-state index contributed by atoms with van der Waals surface area (Å²) < 4.78 is 2.48. The molecule has 2 nitrogen and oxygen atoms in total. The van der Waals surface area contributed by atoms with Gasteiger partial charge in [0.1, 0.15) is 0 Å². The van der Waals surface area contributed by atoms with Crippen LogP contribution in [-0.4, -0.2) is 11.1 Å². The minimum Gasteiger partial charge on any atom is -0.357 e. The molecule has 0 amide bonds. The molecule has 0 atom stereocenters. The Balaban J connectivity index is 2.37. The van der Waals surface area contributed by atoms with Gasteiger partial charge in [-0.1, -0.05) is 18.2 Å². The predicted molar refractivity (Wildman–Crippen MR) is 61.8 cm³/mol. The van der Waals surface area contributed by atoms with Crippen molar-refractivity contribution >= 4 is 10.9 Å². The van der Waals surface area contributed by atoms with Crippen LogP contribution < -0.4 is 5.73 Å². The van der Waals surface area contributed by atoms with Crippen LogP contribution in [0.2, 0.25) is 0 Å². The molecule has 1 aliphatic rings. The quantitative estimate of drug-likeness (QED) is 0.759. The van der Waals surface area contributed by atoms with Crippen molar-refractivity contribution < 1.29 is 5.73 Å². The zero-order chi connectivity index (χ0) is 10.4. The van der Waals surface area contributed by atoms with Crippen LogP contribution in [0.3, 0.4) is 0 Å². The molecule has 0 unspecified atom stereocenters.